The fourth-order valence-corrected chi connectivity index (χ4v) is 3.19. The zero-order valence-electron chi connectivity index (χ0n) is 14.0. The Morgan fingerprint density at radius 3 is 2.78 bits per heavy atom. The monoisotopic (exact) mass is 362 g/mol. The molecule has 0 bridgehead atoms. The SMILES string of the molecule is O=c1[nH]c(=O)n(C2CC2)cc1-c1noc(-c2c(O)ccc3ccccc23)n1. The predicted octanol–water partition coefficient (Wildman–Crippen LogP) is 2.45. The summed E-state index contributed by atoms with van der Waals surface area (Å²) in [5, 5.41) is 15.9. The van der Waals surface area contributed by atoms with Gasteiger partial charge in [-0.15, -0.1) is 0 Å². The quantitative estimate of drug-likeness (QED) is 0.579. The zero-order chi connectivity index (χ0) is 18.5. The first-order valence-corrected chi connectivity index (χ1v) is 8.52. The van der Waals surface area contributed by atoms with E-state index >= 15 is 0 Å². The highest BCUT2D eigenvalue weighted by Crippen LogP contribution is 2.36. The van der Waals surface area contributed by atoms with Crippen LogP contribution in [0.3, 0.4) is 0 Å². The number of benzene rings is 2. The van der Waals surface area contributed by atoms with Crippen molar-refractivity contribution in [1.29, 1.82) is 0 Å². The van der Waals surface area contributed by atoms with Crippen LogP contribution in [0, 0.1) is 0 Å². The van der Waals surface area contributed by atoms with Gasteiger partial charge in [0, 0.05) is 12.2 Å². The summed E-state index contributed by atoms with van der Waals surface area (Å²) in [6.07, 6.45) is 3.26. The number of aromatic amines is 1. The number of aromatic nitrogens is 4. The molecule has 0 saturated heterocycles. The highest BCUT2D eigenvalue weighted by atomic mass is 16.5. The van der Waals surface area contributed by atoms with Crippen LogP contribution in [0.25, 0.3) is 33.6 Å². The molecule has 0 amide bonds. The van der Waals surface area contributed by atoms with Gasteiger partial charge in [0.2, 0.25) is 5.82 Å². The molecule has 4 aromatic rings. The Bertz CT molecular complexity index is 1300. The van der Waals surface area contributed by atoms with E-state index in [1.165, 1.54) is 10.8 Å². The van der Waals surface area contributed by atoms with E-state index in [1.54, 1.807) is 12.1 Å². The normalized spacial score (nSPS) is 13.9. The number of rotatable bonds is 3. The summed E-state index contributed by atoms with van der Waals surface area (Å²) in [7, 11) is 0. The van der Waals surface area contributed by atoms with Crippen LogP contribution < -0.4 is 11.2 Å². The molecule has 1 saturated carbocycles. The molecule has 1 aliphatic rings. The Labute approximate surface area is 151 Å². The largest absolute Gasteiger partial charge is 0.507 e. The number of phenolic OH excluding ortho intramolecular Hbond substituents is 1. The molecule has 2 aromatic carbocycles. The van der Waals surface area contributed by atoms with Gasteiger partial charge in [0.1, 0.15) is 11.3 Å². The number of hydrogen-bond acceptors (Lipinski definition) is 6. The molecule has 0 aliphatic heterocycles. The number of fused-ring (bicyclic) bond motifs is 1. The van der Waals surface area contributed by atoms with E-state index in [4.69, 9.17) is 4.52 Å². The number of nitrogens with zero attached hydrogens (tertiary/aromatic N) is 3. The summed E-state index contributed by atoms with van der Waals surface area (Å²) < 4.78 is 6.82. The summed E-state index contributed by atoms with van der Waals surface area (Å²) in [5.74, 6) is 0.164. The van der Waals surface area contributed by atoms with Crippen molar-refractivity contribution in [3.05, 3.63) is 63.4 Å². The topological polar surface area (TPSA) is 114 Å². The average Bonchev–Trinajstić information content (AvgIpc) is 3.39. The zero-order valence-corrected chi connectivity index (χ0v) is 14.0. The van der Waals surface area contributed by atoms with E-state index in [0.717, 1.165) is 23.6 Å². The molecule has 0 spiro atoms. The third kappa shape index (κ3) is 2.53. The maximum Gasteiger partial charge on any atom is 0.328 e. The fourth-order valence-electron chi connectivity index (χ4n) is 3.19. The van der Waals surface area contributed by atoms with Gasteiger partial charge in [0.25, 0.3) is 11.4 Å². The van der Waals surface area contributed by atoms with Gasteiger partial charge in [-0.05, 0) is 29.7 Å². The molecule has 1 aliphatic carbocycles. The lowest BCUT2D eigenvalue weighted by Crippen LogP contribution is -2.30. The molecule has 0 radical (unpaired) electrons. The Balaban J connectivity index is 1.67. The van der Waals surface area contributed by atoms with Gasteiger partial charge in [-0.1, -0.05) is 35.5 Å². The predicted molar refractivity (Wildman–Crippen MR) is 97.5 cm³/mol. The van der Waals surface area contributed by atoms with Crippen molar-refractivity contribution in [2.24, 2.45) is 0 Å². The van der Waals surface area contributed by atoms with Gasteiger partial charge in [-0.3, -0.25) is 14.3 Å². The van der Waals surface area contributed by atoms with Gasteiger partial charge in [0.15, 0.2) is 0 Å². The highest BCUT2D eigenvalue weighted by molar-refractivity contribution is 5.97. The maximum atomic E-state index is 12.2. The smallest absolute Gasteiger partial charge is 0.328 e. The maximum absolute atomic E-state index is 12.2. The van der Waals surface area contributed by atoms with E-state index < -0.39 is 11.2 Å². The van der Waals surface area contributed by atoms with E-state index in [9.17, 15) is 14.7 Å². The van der Waals surface area contributed by atoms with Gasteiger partial charge in [-0.25, -0.2) is 4.79 Å². The van der Waals surface area contributed by atoms with Crippen molar-refractivity contribution in [2.75, 3.05) is 0 Å². The van der Waals surface area contributed by atoms with Crippen molar-refractivity contribution in [1.82, 2.24) is 19.7 Å². The Kier molecular flexibility index (Phi) is 3.27. The average molecular weight is 362 g/mol. The first-order valence-electron chi connectivity index (χ1n) is 8.52. The second-order valence-electron chi connectivity index (χ2n) is 6.54. The van der Waals surface area contributed by atoms with E-state index in [1.807, 2.05) is 24.3 Å². The first kappa shape index (κ1) is 15.6. The van der Waals surface area contributed by atoms with Gasteiger partial charge < -0.3 is 9.63 Å². The lowest BCUT2D eigenvalue weighted by atomic mass is 10.0. The van der Waals surface area contributed by atoms with Gasteiger partial charge >= 0.3 is 5.69 Å². The number of nitrogens with one attached hydrogen (secondary N) is 1. The fraction of sp³-hybridized carbons (Fsp3) is 0.158. The minimum Gasteiger partial charge on any atom is -0.507 e. The number of hydrogen-bond donors (Lipinski definition) is 2. The van der Waals surface area contributed by atoms with Gasteiger partial charge in [-0.2, -0.15) is 4.98 Å². The second-order valence-corrected chi connectivity index (χ2v) is 6.54. The van der Waals surface area contributed by atoms with Crippen molar-refractivity contribution >= 4 is 10.8 Å². The number of phenols is 1. The molecule has 0 atom stereocenters. The van der Waals surface area contributed by atoms with Crippen LogP contribution in [-0.2, 0) is 0 Å². The summed E-state index contributed by atoms with van der Waals surface area (Å²) >= 11 is 0. The molecule has 2 heterocycles. The van der Waals surface area contributed by atoms with Crippen LogP contribution in [0.1, 0.15) is 18.9 Å². The number of H-pyrrole nitrogens is 1. The lowest BCUT2D eigenvalue weighted by molar-refractivity contribution is 0.426. The third-order valence-electron chi connectivity index (χ3n) is 4.70. The Morgan fingerprint density at radius 1 is 1.15 bits per heavy atom. The molecule has 2 N–H and O–H groups in total. The molecule has 5 rings (SSSR count). The minimum atomic E-state index is -0.577. The molecular formula is C19H14N4O4. The molecule has 8 nitrogen and oxygen atoms in total. The molecule has 27 heavy (non-hydrogen) atoms. The van der Waals surface area contributed by atoms with Crippen LogP contribution >= 0.6 is 0 Å². The summed E-state index contributed by atoms with van der Waals surface area (Å²) in [5.41, 5.74) is -0.469. The van der Waals surface area contributed by atoms with Crippen LogP contribution in [0.2, 0.25) is 0 Å². The van der Waals surface area contributed by atoms with Crippen LogP contribution in [0.4, 0.5) is 0 Å². The van der Waals surface area contributed by atoms with Crippen molar-refractivity contribution in [2.45, 2.75) is 18.9 Å². The standard InChI is InChI=1S/C19H14N4O4/c24-14-8-5-10-3-1-2-4-12(10)15(14)18-20-16(22-27-18)13-9-23(11-6-7-11)19(26)21-17(13)25/h1-5,8-9,11,24H,6-7H2,(H,21,25,26). The van der Waals surface area contributed by atoms with E-state index in [0.29, 0.717) is 5.56 Å². The molecule has 2 aromatic heterocycles. The molecule has 134 valence electrons. The van der Waals surface area contributed by atoms with Crippen LogP contribution in [0.15, 0.2) is 56.7 Å². The molecule has 8 heteroatoms. The summed E-state index contributed by atoms with van der Waals surface area (Å²) in [4.78, 5) is 30.8. The highest BCUT2D eigenvalue weighted by Gasteiger charge is 2.26. The van der Waals surface area contributed by atoms with Crippen molar-refractivity contribution < 1.29 is 9.63 Å². The van der Waals surface area contributed by atoms with E-state index in [-0.39, 0.29) is 29.1 Å². The third-order valence-corrected chi connectivity index (χ3v) is 4.70. The summed E-state index contributed by atoms with van der Waals surface area (Å²) in [6, 6.07) is 10.9. The number of aromatic hydroxyl groups is 1. The Hall–Kier alpha value is -3.68. The molecule has 0 unspecified atom stereocenters. The second kappa shape index (κ2) is 5.66. The lowest BCUT2D eigenvalue weighted by Gasteiger charge is -2.05. The van der Waals surface area contributed by atoms with Crippen molar-refractivity contribution in [3.8, 4) is 28.6 Å². The van der Waals surface area contributed by atoms with Crippen molar-refractivity contribution in [3.63, 3.8) is 0 Å². The van der Waals surface area contributed by atoms with Gasteiger partial charge in [0.05, 0.1) is 5.56 Å². The molecular weight excluding hydrogens is 348 g/mol. The summed E-state index contributed by atoms with van der Waals surface area (Å²) in [6.45, 7) is 0. The van der Waals surface area contributed by atoms with E-state index in [2.05, 4.69) is 15.1 Å². The first-order chi connectivity index (χ1) is 13.1. The Morgan fingerprint density at radius 2 is 1.96 bits per heavy atom. The van der Waals surface area contributed by atoms with Crippen LogP contribution in [-0.4, -0.2) is 24.8 Å². The van der Waals surface area contributed by atoms with Crippen LogP contribution in [0.5, 0.6) is 5.75 Å². The minimum absolute atomic E-state index is 0.000704. The molecule has 1 fully saturated rings.